The summed E-state index contributed by atoms with van der Waals surface area (Å²) < 4.78 is 1.05. The molecule has 0 saturated carbocycles. The van der Waals surface area contributed by atoms with Gasteiger partial charge in [0.25, 0.3) is 0 Å². The lowest BCUT2D eigenvalue weighted by atomic mass is 10.2. The van der Waals surface area contributed by atoms with E-state index >= 15 is 0 Å². The Morgan fingerprint density at radius 3 is 2.68 bits per heavy atom. The summed E-state index contributed by atoms with van der Waals surface area (Å²) >= 11 is 4.92. The molecule has 2 heterocycles. The molecule has 1 amide bonds. The maximum absolute atomic E-state index is 12.3. The minimum absolute atomic E-state index is 0.109. The molecule has 1 N–H and O–H groups in total. The van der Waals surface area contributed by atoms with Crippen molar-refractivity contribution in [2.45, 2.75) is 30.2 Å². The molecule has 1 atom stereocenters. The van der Waals surface area contributed by atoms with Crippen molar-refractivity contribution in [3.63, 3.8) is 0 Å². The van der Waals surface area contributed by atoms with E-state index in [0.29, 0.717) is 0 Å². The highest BCUT2D eigenvalue weighted by Crippen LogP contribution is 2.26. The molecule has 1 aliphatic rings. The molecule has 0 radical (unpaired) electrons. The summed E-state index contributed by atoms with van der Waals surface area (Å²) in [5.41, 5.74) is 2.05. The normalized spacial score (nSPS) is 16.0. The maximum atomic E-state index is 12.3. The second-order valence-corrected chi connectivity index (χ2v) is 7.65. The van der Waals surface area contributed by atoms with Gasteiger partial charge >= 0.3 is 0 Å². The molecule has 0 aliphatic carbocycles. The SMILES string of the molecule is C[C@H](Sc1ncc(-c2ccc(Br)cc2)[nH]1)C(=O)N1CCCC1. The minimum atomic E-state index is -0.109. The molecule has 4 nitrogen and oxygen atoms in total. The molecule has 1 fully saturated rings. The highest BCUT2D eigenvalue weighted by atomic mass is 79.9. The quantitative estimate of drug-likeness (QED) is 0.818. The Bertz CT molecular complexity index is 650. The maximum Gasteiger partial charge on any atom is 0.235 e. The molecular formula is C16H18BrN3OS. The van der Waals surface area contributed by atoms with Gasteiger partial charge in [-0.1, -0.05) is 39.8 Å². The number of benzene rings is 1. The molecule has 1 saturated heterocycles. The lowest BCUT2D eigenvalue weighted by Crippen LogP contribution is -2.34. The van der Waals surface area contributed by atoms with Crippen molar-refractivity contribution >= 4 is 33.6 Å². The Labute approximate surface area is 142 Å². The number of hydrogen-bond acceptors (Lipinski definition) is 3. The van der Waals surface area contributed by atoms with Crippen molar-refractivity contribution in [1.29, 1.82) is 0 Å². The molecule has 22 heavy (non-hydrogen) atoms. The van der Waals surface area contributed by atoms with E-state index in [-0.39, 0.29) is 11.2 Å². The van der Waals surface area contributed by atoms with E-state index < -0.39 is 0 Å². The molecule has 0 spiro atoms. The number of H-pyrrole nitrogens is 1. The Morgan fingerprint density at radius 2 is 2.00 bits per heavy atom. The zero-order valence-electron chi connectivity index (χ0n) is 12.4. The standard InChI is InChI=1S/C16H18BrN3OS/c1-11(15(21)20-8-2-3-9-20)22-16-18-10-14(19-16)12-4-6-13(17)7-5-12/h4-7,10-11H,2-3,8-9H2,1H3,(H,18,19)/t11-/m0/s1. The van der Waals surface area contributed by atoms with Crippen LogP contribution in [-0.2, 0) is 4.79 Å². The Kier molecular flexibility index (Phi) is 4.88. The number of likely N-dealkylation sites (tertiary alicyclic amines) is 1. The Balaban J connectivity index is 1.66. The number of carbonyl (C=O) groups excluding carboxylic acids is 1. The van der Waals surface area contributed by atoms with Crippen LogP contribution >= 0.6 is 27.7 Å². The zero-order chi connectivity index (χ0) is 15.5. The Morgan fingerprint density at radius 1 is 1.32 bits per heavy atom. The van der Waals surface area contributed by atoms with E-state index in [1.54, 1.807) is 0 Å². The van der Waals surface area contributed by atoms with Gasteiger partial charge in [0, 0.05) is 17.6 Å². The summed E-state index contributed by atoms with van der Waals surface area (Å²) in [6.45, 7) is 3.74. The fraction of sp³-hybridized carbons (Fsp3) is 0.375. The third-order valence-electron chi connectivity index (χ3n) is 3.76. The van der Waals surface area contributed by atoms with Crippen LogP contribution in [0.5, 0.6) is 0 Å². The van der Waals surface area contributed by atoms with Crippen molar-refractivity contribution in [2.75, 3.05) is 13.1 Å². The topological polar surface area (TPSA) is 49.0 Å². The van der Waals surface area contributed by atoms with Crippen molar-refractivity contribution in [3.05, 3.63) is 34.9 Å². The molecule has 2 aromatic rings. The van der Waals surface area contributed by atoms with Crippen LogP contribution in [0.2, 0.25) is 0 Å². The van der Waals surface area contributed by atoms with Crippen LogP contribution in [0.3, 0.4) is 0 Å². The molecule has 1 aromatic carbocycles. The lowest BCUT2D eigenvalue weighted by Gasteiger charge is -2.19. The molecule has 116 valence electrons. The van der Waals surface area contributed by atoms with Crippen LogP contribution in [-0.4, -0.2) is 39.1 Å². The summed E-state index contributed by atoms with van der Waals surface area (Å²) in [5.74, 6) is 0.212. The molecule has 6 heteroatoms. The first-order chi connectivity index (χ1) is 10.6. The van der Waals surface area contributed by atoms with Gasteiger partial charge in [0.2, 0.25) is 5.91 Å². The van der Waals surface area contributed by atoms with Gasteiger partial charge in [0.1, 0.15) is 0 Å². The number of halogens is 1. The second-order valence-electron chi connectivity index (χ2n) is 5.40. The van der Waals surface area contributed by atoms with Gasteiger partial charge in [-0.15, -0.1) is 0 Å². The number of nitrogens with one attached hydrogen (secondary N) is 1. The average Bonchev–Trinajstić information content (AvgIpc) is 3.18. The number of amides is 1. The highest BCUT2D eigenvalue weighted by Gasteiger charge is 2.24. The van der Waals surface area contributed by atoms with Crippen LogP contribution in [0.15, 0.2) is 40.1 Å². The molecular weight excluding hydrogens is 362 g/mol. The monoisotopic (exact) mass is 379 g/mol. The summed E-state index contributed by atoms with van der Waals surface area (Å²) in [4.78, 5) is 22.0. The molecule has 0 unspecified atom stereocenters. The van der Waals surface area contributed by atoms with E-state index in [2.05, 4.69) is 25.9 Å². The second kappa shape index (κ2) is 6.87. The third kappa shape index (κ3) is 3.55. The fourth-order valence-corrected chi connectivity index (χ4v) is 3.68. The first-order valence-corrected chi connectivity index (χ1v) is 9.07. The fourth-order valence-electron chi connectivity index (χ4n) is 2.55. The summed E-state index contributed by atoms with van der Waals surface area (Å²) in [7, 11) is 0. The average molecular weight is 380 g/mol. The van der Waals surface area contributed by atoms with E-state index in [4.69, 9.17) is 0 Å². The van der Waals surface area contributed by atoms with Crippen LogP contribution < -0.4 is 0 Å². The van der Waals surface area contributed by atoms with E-state index in [1.165, 1.54) is 11.8 Å². The lowest BCUT2D eigenvalue weighted by molar-refractivity contribution is -0.129. The summed E-state index contributed by atoms with van der Waals surface area (Å²) in [6, 6.07) is 8.07. The van der Waals surface area contributed by atoms with Gasteiger partial charge in [0.05, 0.1) is 17.1 Å². The van der Waals surface area contributed by atoms with E-state index in [9.17, 15) is 4.79 Å². The highest BCUT2D eigenvalue weighted by molar-refractivity contribution is 9.10. The first-order valence-electron chi connectivity index (χ1n) is 7.40. The van der Waals surface area contributed by atoms with Gasteiger partial charge in [-0.25, -0.2) is 4.98 Å². The van der Waals surface area contributed by atoms with Gasteiger partial charge in [-0.3, -0.25) is 4.79 Å². The van der Waals surface area contributed by atoms with Gasteiger partial charge in [0.15, 0.2) is 5.16 Å². The zero-order valence-corrected chi connectivity index (χ0v) is 14.8. The number of rotatable bonds is 4. The van der Waals surface area contributed by atoms with Gasteiger partial charge < -0.3 is 9.88 Å². The number of aromatic amines is 1. The van der Waals surface area contributed by atoms with Gasteiger partial charge in [-0.05, 0) is 37.5 Å². The van der Waals surface area contributed by atoms with Crippen LogP contribution in [0.4, 0.5) is 0 Å². The van der Waals surface area contributed by atoms with Crippen LogP contribution in [0.25, 0.3) is 11.3 Å². The predicted molar refractivity (Wildman–Crippen MR) is 92.9 cm³/mol. The molecule has 1 aliphatic heterocycles. The number of thioether (sulfide) groups is 1. The Hall–Kier alpha value is -1.27. The minimum Gasteiger partial charge on any atom is -0.342 e. The number of aromatic nitrogens is 2. The molecule has 0 bridgehead atoms. The van der Waals surface area contributed by atoms with Gasteiger partial charge in [-0.2, -0.15) is 0 Å². The van der Waals surface area contributed by atoms with Crippen molar-refractivity contribution in [1.82, 2.24) is 14.9 Å². The molecule has 3 rings (SSSR count). The van der Waals surface area contributed by atoms with E-state index in [1.807, 2.05) is 42.3 Å². The number of carbonyl (C=O) groups is 1. The van der Waals surface area contributed by atoms with E-state index in [0.717, 1.165) is 46.8 Å². The first kappa shape index (κ1) is 15.6. The van der Waals surface area contributed by atoms with Crippen molar-refractivity contribution in [2.24, 2.45) is 0 Å². The predicted octanol–water partition coefficient (Wildman–Crippen LogP) is 3.94. The van der Waals surface area contributed by atoms with Crippen LogP contribution in [0.1, 0.15) is 19.8 Å². The smallest absolute Gasteiger partial charge is 0.235 e. The summed E-state index contributed by atoms with van der Waals surface area (Å²) in [5, 5.41) is 0.681. The van der Waals surface area contributed by atoms with Crippen LogP contribution in [0, 0.1) is 0 Å². The number of imidazole rings is 1. The summed E-state index contributed by atoms with van der Waals surface area (Å²) in [6.07, 6.45) is 4.06. The number of nitrogens with zero attached hydrogens (tertiary/aromatic N) is 2. The van der Waals surface area contributed by atoms with Crippen molar-refractivity contribution in [3.8, 4) is 11.3 Å². The third-order valence-corrected chi connectivity index (χ3v) is 5.28. The number of hydrogen-bond donors (Lipinski definition) is 1. The largest absolute Gasteiger partial charge is 0.342 e. The molecule has 1 aromatic heterocycles. The van der Waals surface area contributed by atoms with Crippen molar-refractivity contribution < 1.29 is 4.79 Å².